The minimum absolute atomic E-state index is 0.0386. The Kier molecular flexibility index (Phi) is 8.40. The Morgan fingerprint density at radius 3 is 2.58 bits per heavy atom. The molecule has 1 saturated carbocycles. The Hall–Kier alpha value is -3.42. The third-order valence-electron chi connectivity index (χ3n) is 5.85. The average Bonchev–Trinajstić information content (AvgIpc) is 3.44. The molecule has 1 fully saturated rings. The van der Waals surface area contributed by atoms with E-state index in [1.165, 1.54) is 4.90 Å². The first-order chi connectivity index (χ1) is 15.9. The number of hydrogen-bond donors (Lipinski definition) is 2. The van der Waals surface area contributed by atoms with Gasteiger partial charge in [0.2, 0.25) is 17.7 Å². The van der Waals surface area contributed by atoms with Crippen LogP contribution in [-0.2, 0) is 14.4 Å². The number of aryl methyl sites for hydroxylation is 2. The number of nitrogens with one attached hydrogen (secondary N) is 2. The van der Waals surface area contributed by atoms with Crippen molar-refractivity contribution in [3.63, 3.8) is 0 Å². The lowest BCUT2D eigenvalue weighted by molar-refractivity contribution is -0.141. The number of amides is 3. The summed E-state index contributed by atoms with van der Waals surface area (Å²) in [6.45, 7) is 7.62. The number of hydrogen-bond acceptors (Lipinski definition) is 5. The minimum atomic E-state index is -0.793. The molecule has 0 saturated heterocycles. The monoisotopic (exact) mass is 452 g/mol. The van der Waals surface area contributed by atoms with Gasteiger partial charge in [-0.1, -0.05) is 48.3 Å². The summed E-state index contributed by atoms with van der Waals surface area (Å²) < 4.78 is 4.94. The number of carbonyl (C=O) groups excluding carboxylic acids is 3. The van der Waals surface area contributed by atoms with Gasteiger partial charge in [0.05, 0.1) is 0 Å². The summed E-state index contributed by atoms with van der Waals surface area (Å²) in [4.78, 5) is 40.5. The lowest BCUT2D eigenvalue weighted by Gasteiger charge is -2.32. The van der Waals surface area contributed by atoms with Crippen molar-refractivity contribution >= 4 is 23.5 Å². The van der Waals surface area contributed by atoms with E-state index in [1.54, 1.807) is 19.1 Å². The molecule has 1 aromatic carbocycles. The van der Waals surface area contributed by atoms with E-state index in [1.807, 2.05) is 31.2 Å². The Morgan fingerprint density at radius 1 is 1.21 bits per heavy atom. The van der Waals surface area contributed by atoms with Gasteiger partial charge in [0.15, 0.2) is 5.82 Å². The zero-order chi connectivity index (χ0) is 23.8. The van der Waals surface area contributed by atoms with Crippen LogP contribution in [0.15, 0.2) is 47.5 Å². The van der Waals surface area contributed by atoms with Crippen LogP contribution in [0.4, 0.5) is 5.82 Å². The first kappa shape index (κ1) is 24.2. The lowest BCUT2D eigenvalue weighted by Crippen LogP contribution is -2.46. The zero-order valence-electron chi connectivity index (χ0n) is 19.3. The van der Waals surface area contributed by atoms with Gasteiger partial charge in [-0.25, -0.2) is 0 Å². The van der Waals surface area contributed by atoms with E-state index in [2.05, 4.69) is 22.4 Å². The number of aromatic nitrogens is 1. The predicted molar refractivity (Wildman–Crippen MR) is 125 cm³/mol. The van der Waals surface area contributed by atoms with Gasteiger partial charge in [-0.15, -0.1) is 6.58 Å². The molecule has 1 aliphatic carbocycles. The zero-order valence-corrected chi connectivity index (χ0v) is 19.3. The molecule has 176 valence electrons. The van der Waals surface area contributed by atoms with Crippen LogP contribution < -0.4 is 10.6 Å². The highest BCUT2D eigenvalue weighted by Crippen LogP contribution is 2.27. The van der Waals surface area contributed by atoms with E-state index >= 15 is 0 Å². The van der Waals surface area contributed by atoms with E-state index in [0.29, 0.717) is 11.6 Å². The topological polar surface area (TPSA) is 105 Å². The summed E-state index contributed by atoms with van der Waals surface area (Å²) in [7, 11) is 0. The van der Waals surface area contributed by atoms with Crippen LogP contribution >= 0.6 is 0 Å². The largest absolute Gasteiger partial charge is 0.360 e. The van der Waals surface area contributed by atoms with Crippen LogP contribution in [0.25, 0.3) is 0 Å². The van der Waals surface area contributed by atoms with Crippen molar-refractivity contribution in [3.05, 3.63) is 59.9 Å². The van der Waals surface area contributed by atoms with E-state index < -0.39 is 6.04 Å². The molecule has 3 amide bonds. The van der Waals surface area contributed by atoms with Crippen molar-refractivity contribution in [1.82, 2.24) is 15.4 Å². The third-order valence-corrected chi connectivity index (χ3v) is 5.85. The molecular formula is C25H32N4O4. The first-order valence-corrected chi connectivity index (χ1v) is 11.4. The molecule has 33 heavy (non-hydrogen) atoms. The predicted octanol–water partition coefficient (Wildman–Crippen LogP) is 3.82. The second kappa shape index (κ2) is 11.4. The molecule has 1 heterocycles. The molecule has 2 N–H and O–H groups in total. The number of carbonyl (C=O) groups is 3. The maximum Gasteiger partial charge on any atom is 0.247 e. The van der Waals surface area contributed by atoms with E-state index in [-0.39, 0.29) is 43.1 Å². The number of benzene rings is 1. The van der Waals surface area contributed by atoms with E-state index in [4.69, 9.17) is 4.52 Å². The van der Waals surface area contributed by atoms with Gasteiger partial charge in [0.25, 0.3) is 0 Å². The van der Waals surface area contributed by atoms with Crippen LogP contribution in [0.5, 0.6) is 0 Å². The Morgan fingerprint density at radius 2 is 1.94 bits per heavy atom. The highest BCUT2D eigenvalue weighted by Gasteiger charge is 2.33. The van der Waals surface area contributed by atoms with Gasteiger partial charge in [0, 0.05) is 31.5 Å². The first-order valence-electron chi connectivity index (χ1n) is 11.4. The molecule has 8 heteroatoms. The molecule has 3 rings (SSSR count). The fourth-order valence-corrected chi connectivity index (χ4v) is 4.18. The van der Waals surface area contributed by atoms with Crippen molar-refractivity contribution in [2.24, 2.45) is 0 Å². The number of anilines is 1. The third kappa shape index (κ3) is 6.54. The van der Waals surface area contributed by atoms with Crippen molar-refractivity contribution < 1.29 is 18.9 Å². The summed E-state index contributed by atoms with van der Waals surface area (Å²) >= 11 is 0. The van der Waals surface area contributed by atoms with Gasteiger partial charge in [-0.3, -0.25) is 14.4 Å². The standard InChI is InChI=1S/C25H32N4O4/c1-4-15-29(23(31)14-13-22(30)27-21-16-18(3)33-28-21)24(20-12-8-5-9-17(20)2)25(32)26-19-10-6-7-11-19/h4-5,8-9,12,16,19,24H,1,6-7,10-11,13-15H2,2-3H3,(H,26,32)(H,27,28,30). The molecule has 1 aliphatic rings. The van der Waals surface area contributed by atoms with Crippen LogP contribution in [0.3, 0.4) is 0 Å². The molecule has 8 nitrogen and oxygen atoms in total. The number of rotatable bonds is 10. The van der Waals surface area contributed by atoms with Gasteiger partial charge in [0.1, 0.15) is 11.8 Å². The van der Waals surface area contributed by atoms with Crippen molar-refractivity contribution in [2.75, 3.05) is 11.9 Å². The normalized spacial score (nSPS) is 14.5. The van der Waals surface area contributed by atoms with Crippen molar-refractivity contribution in [3.8, 4) is 0 Å². The van der Waals surface area contributed by atoms with Crippen molar-refractivity contribution in [2.45, 2.75) is 64.5 Å². The van der Waals surface area contributed by atoms with Gasteiger partial charge >= 0.3 is 0 Å². The summed E-state index contributed by atoms with van der Waals surface area (Å²) in [5.41, 5.74) is 1.69. The van der Waals surface area contributed by atoms with Crippen LogP contribution in [0.2, 0.25) is 0 Å². The lowest BCUT2D eigenvalue weighted by atomic mass is 9.98. The highest BCUT2D eigenvalue weighted by atomic mass is 16.5. The Labute approximate surface area is 194 Å². The molecule has 0 spiro atoms. The van der Waals surface area contributed by atoms with E-state index in [9.17, 15) is 14.4 Å². The number of nitrogens with zero attached hydrogens (tertiary/aromatic N) is 2. The highest BCUT2D eigenvalue weighted by molar-refractivity contribution is 5.94. The van der Waals surface area contributed by atoms with E-state index in [0.717, 1.165) is 36.8 Å². The molecular weight excluding hydrogens is 420 g/mol. The summed E-state index contributed by atoms with van der Waals surface area (Å²) in [5, 5.41) is 9.48. The average molecular weight is 453 g/mol. The second-order valence-electron chi connectivity index (χ2n) is 8.45. The minimum Gasteiger partial charge on any atom is -0.360 e. The quantitative estimate of drug-likeness (QED) is 0.533. The molecule has 1 unspecified atom stereocenters. The second-order valence-corrected chi connectivity index (χ2v) is 8.45. The maximum absolute atomic E-state index is 13.4. The molecule has 0 radical (unpaired) electrons. The molecule has 0 aliphatic heterocycles. The Balaban J connectivity index is 1.76. The fraction of sp³-hybridized carbons (Fsp3) is 0.440. The van der Waals surface area contributed by atoms with Crippen LogP contribution in [0, 0.1) is 13.8 Å². The van der Waals surface area contributed by atoms with Crippen molar-refractivity contribution in [1.29, 1.82) is 0 Å². The smallest absolute Gasteiger partial charge is 0.247 e. The molecule has 1 aromatic heterocycles. The maximum atomic E-state index is 13.4. The molecule has 0 bridgehead atoms. The van der Waals surface area contributed by atoms with Gasteiger partial charge < -0.3 is 20.1 Å². The Bertz CT molecular complexity index is 994. The fourth-order valence-electron chi connectivity index (χ4n) is 4.18. The molecule has 1 atom stereocenters. The molecule has 2 aromatic rings. The van der Waals surface area contributed by atoms with Crippen LogP contribution in [0.1, 0.15) is 61.5 Å². The van der Waals surface area contributed by atoms with Gasteiger partial charge in [-0.05, 0) is 37.8 Å². The SMILES string of the molecule is C=CCN(C(=O)CCC(=O)Nc1cc(C)on1)C(C(=O)NC1CCCC1)c1ccccc1C. The summed E-state index contributed by atoms with van der Waals surface area (Å²) in [6, 6.07) is 8.50. The summed E-state index contributed by atoms with van der Waals surface area (Å²) in [6.07, 6.45) is 5.60. The van der Waals surface area contributed by atoms with Gasteiger partial charge in [-0.2, -0.15) is 0 Å². The van der Waals surface area contributed by atoms with Crippen LogP contribution in [-0.4, -0.2) is 40.4 Å². The summed E-state index contributed by atoms with van der Waals surface area (Å²) in [5.74, 6) is 0.0395.